The topological polar surface area (TPSA) is 39.2 Å². The number of ether oxygens (including phenoxy) is 1. The summed E-state index contributed by atoms with van der Waals surface area (Å²) >= 11 is 15.8. The van der Waals surface area contributed by atoms with E-state index in [1.54, 1.807) is 0 Å². The summed E-state index contributed by atoms with van der Waals surface area (Å²) in [6.07, 6.45) is 0. The van der Waals surface area contributed by atoms with E-state index in [9.17, 15) is 4.79 Å². The molecule has 0 N–H and O–H groups in total. The summed E-state index contributed by atoms with van der Waals surface area (Å²) in [6, 6.07) is 3.28. The zero-order valence-corrected chi connectivity index (χ0v) is 12.7. The highest BCUT2D eigenvalue weighted by atomic mass is 79.9. The molecule has 6 heteroatoms. The molecule has 3 nitrogen and oxygen atoms in total. The van der Waals surface area contributed by atoms with E-state index >= 15 is 0 Å². The molecule has 0 aliphatic carbocycles. The number of carbonyl (C=O) groups is 1. The lowest BCUT2D eigenvalue weighted by atomic mass is 10.1. The average Bonchev–Trinajstić information content (AvgIpc) is 2.34. The van der Waals surface area contributed by atoms with Crippen LogP contribution in [0.15, 0.2) is 16.6 Å². The molecule has 0 saturated heterocycles. The van der Waals surface area contributed by atoms with Crippen LogP contribution in [0.25, 0.3) is 10.9 Å². The number of aryl methyl sites for hydroxylation is 1. The van der Waals surface area contributed by atoms with E-state index in [2.05, 4.69) is 25.7 Å². The number of aromatic nitrogens is 1. The van der Waals surface area contributed by atoms with Crippen molar-refractivity contribution in [2.75, 3.05) is 7.11 Å². The van der Waals surface area contributed by atoms with E-state index in [1.165, 1.54) is 13.2 Å². The maximum absolute atomic E-state index is 11.5. The molecule has 1 aromatic heterocycles. The van der Waals surface area contributed by atoms with Gasteiger partial charge in [0.1, 0.15) is 0 Å². The van der Waals surface area contributed by atoms with Crippen molar-refractivity contribution >= 4 is 56.0 Å². The maximum Gasteiger partial charge on any atom is 0.356 e. The van der Waals surface area contributed by atoms with Gasteiger partial charge in [0.25, 0.3) is 0 Å². The summed E-state index contributed by atoms with van der Waals surface area (Å²) in [7, 11) is 1.29. The van der Waals surface area contributed by atoms with Gasteiger partial charge < -0.3 is 4.74 Å². The second kappa shape index (κ2) is 5.03. The SMILES string of the molecule is COC(=O)c1cc(Cl)c2c(Cl)c(C)cc(Br)c2n1. The number of esters is 1. The van der Waals surface area contributed by atoms with Crippen LogP contribution in [0.4, 0.5) is 0 Å². The van der Waals surface area contributed by atoms with Crippen molar-refractivity contribution in [3.05, 3.63) is 37.9 Å². The van der Waals surface area contributed by atoms with Gasteiger partial charge in [-0.05, 0) is 40.5 Å². The quantitative estimate of drug-likeness (QED) is 0.717. The lowest BCUT2D eigenvalue weighted by Crippen LogP contribution is -2.04. The third-order valence-corrected chi connectivity index (χ3v) is 3.89. The Balaban J connectivity index is 2.86. The number of hydrogen-bond donors (Lipinski definition) is 0. The van der Waals surface area contributed by atoms with Crippen LogP contribution in [0.2, 0.25) is 10.0 Å². The van der Waals surface area contributed by atoms with Crippen LogP contribution in [0.3, 0.4) is 0 Å². The van der Waals surface area contributed by atoms with Crippen molar-refractivity contribution in [3.8, 4) is 0 Å². The number of pyridine rings is 1. The van der Waals surface area contributed by atoms with Crippen LogP contribution < -0.4 is 0 Å². The van der Waals surface area contributed by atoms with Gasteiger partial charge in [0.05, 0.1) is 22.7 Å². The van der Waals surface area contributed by atoms with E-state index in [0.717, 1.165) is 10.0 Å². The fourth-order valence-electron chi connectivity index (χ4n) is 1.62. The Bertz CT molecular complexity index is 658. The van der Waals surface area contributed by atoms with Crippen LogP contribution >= 0.6 is 39.1 Å². The first kappa shape index (κ1) is 13.6. The van der Waals surface area contributed by atoms with E-state index < -0.39 is 5.97 Å². The fourth-order valence-corrected chi connectivity index (χ4v) is 2.84. The van der Waals surface area contributed by atoms with E-state index in [4.69, 9.17) is 23.2 Å². The number of benzene rings is 1. The van der Waals surface area contributed by atoms with Gasteiger partial charge in [0, 0.05) is 9.86 Å². The van der Waals surface area contributed by atoms with Crippen molar-refractivity contribution in [1.29, 1.82) is 0 Å². The summed E-state index contributed by atoms with van der Waals surface area (Å²) < 4.78 is 5.35. The van der Waals surface area contributed by atoms with Crippen LogP contribution in [0, 0.1) is 6.92 Å². The summed E-state index contributed by atoms with van der Waals surface area (Å²) in [5.41, 5.74) is 1.57. The second-order valence-electron chi connectivity index (χ2n) is 3.69. The van der Waals surface area contributed by atoms with Gasteiger partial charge in [-0.15, -0.1) is 0 Å². The molecule has 0 saturated carbocycles. The third-order valence-electron chi connectivity index (χ3n) is 2.50. The highest BCUT2D eigenvalue weighted by Crippen LogP contribution is 2.36. The van der Waals surface area contributed by atoms with E-state index in [-0.39, 0.29) is 5.69 Å². The van der Waals surface area contributed by atoms with E-state index in [1.807, 2.05) is 13.0 Å². The van der Waals surface area contributed by atoms with Crippen molar-refractivity contribution in [1.82, 2.24) is 4.98 Å². The third kappa shape index (κ3) is 2.20. The zero-order chi connectivity index (χ0) is 13.4. The number of halogens is 3. The summed E-state index contributed by atoms with van der Waals surface area (Å²) in [5, 5.41) is 1.52. The monoisotopic (exact) mass is 347 g/mol. The molecule has 0 amide bonds. The minimum atomic E-state index is -0.539. The molecule has 0 unspecified atom stereocenters. The molecule has 1 heterocycles. The van der Waals surface area contributed by atoms with Gasteiger partial charge in [-0.1, -0.05) is 23.2 Å². The van der Waals surface area contributed by atoms with Crippen molar-refractivity contribution in [2.24, 2.45) is 0 Å². The Kier molecular flexibility index (Phi) is 3.80. The molecule has 0 aliphatic heterocycles. The standard InChI is InChI=1S/C12H8BrCl2NO2/c1-5-3-6(13)11-9(10(5)15)7(14)4-8(16-11)12(17)18-2/h3-4H,1-2H3. The molecule has 0 fully saturated rings. The Labute approximate surface area is 122 Å². The summed E-state index contributed by atoms with van der Waals surface area (Å²) in [4.78, 5) is 15.7. The normalized spacial score (nSPS) is 10.7. The van der Waals surface area contributed by atoms with Crippen LogP contribution in [0.1, 0.15) is 16.1 Å². The number of rotatable bonds is 1. The number of nitrogens with zero attached hydrogens (tertiary/aromatic N) is 1. The lowest BCUT2D eigenvalue weighted by molar-refractivity contribution is 0.0594. The Morgan fingerprint density at radius 3 is 2.67 bits per heavy atom. The maximum atomic E-state index is 11.5. The van der Waals surface area contributed by atoms with Gasteiger partial charge in [-0.3, -0.25) is 0 Å². The Morgan fingerprint density at radius 2 is 2.06 bits per heavy atom. The molecule has 0 bridgehead atoms. The van der Waals surface area contributed by atoms with Gasteiger partial charge >= 0.3 is 5.97 Å². The largest absolute Gasteiger partial charge is 0.464 e. The summed E-state index contributed by atoms with van der Waals surface area (Å²) in [6.45, 7) is 1.87. The van der Waals surface area contributed by atoms with Crippen LogP contribution in [-0.2, 0) is 4.74 Å². The molecular weight excluding hydrogens is 341 g/mol. The van der Waals surface area contributed by atoms with Crippen LogP contribution in [-0.4, -0.2) is 18.1 Å². The zero-order valence-electron chi connectivity index (χ0n) is 9.55. The van der Waals surface area contributed by atoms with Gasteiger partial charge in [-0.2, -0.15) is 0 Å². The minimum Gasteiger partial charge on any atom is -0.464 e. The van der Waals surface area contributed by atoms with Crippen molar-refractivity contribution in [2.45, 2.75) is 6.92 Å². The molecule has 0 radical (unpaired) electrons. The van der Waals surface area contributed by atoms with Crippen molar-refractivity contribution < 1.29 is 9.53 Å². The molecule has 0 atom stereocenters. The Hall–Kier alpha value is -0.840. The first-order valence-electron chi connectivity index (χ1n) is 4.99. The Morgan fingerprint density at radius 1 is 1.39 bits per heavy atom. The second-order valence-corrected chi connectivity index (χ2v) is 5.33. The predicted molar refractivity (Wildman–Crippen MR) is 75.5 cm³/mol. The number of hydrogen-bond acceptors (Lipinski definition) is 3. The molecule has 2 aromatic rings. The molecule has 0 aliphatic rings. The summed E-state index contributed by atoms with van der Waals surface area (Å²) in [5.74, 6) is -0.539. The number of carbonyl (C=O) groups excluding carboxylic acids is 1. The van der Waals surface area contributed by atoms with Crippen LogP contribution in [0.5, 0.6) is 0 Å². The highest BCUT2D eigenvalue weighted by molar-refractivity contribution is 9.10. The fraction of sp³-hybridized carbons (Fsp3) is 0.167. The molecule has 0 spiro atoms. The molecule has 18 heavy (non-hydrogen) atoms. The van der Waals surface area contributed by atoms with Gasteiger partial charge in [0.15, 0.2) is 5.69 Å². The smallest absolute Gasteiger partial charge is 0.356 e. The minimum absolute atomic E-state index is 0.149. The number of methoxy groups -OCH3 is 1. The van der Waals surface area contributed by atoms with E-state index in [0.29, 0.717) is 20.9 Å². The first-order chi connectivity index (χ1) is 8.45. The number of fused-ring (bicyclic) bond motifs is 1. The first-order valence-corrected chi connectivity index (χ1v) is 6.53. The van der Waals surface area contributed by atoms with Crippen molar-refractivity contribution in [3.63, 3.8) is 0 Å². The predicted octanol–water partition coefficient (Wildman–Crippen LogP) is 4.40. The highest BCUT2D eigenvalue weighted by Gasteiger charge is 2.16. The molecular formula is C12H8BrCl2NO2. The van der Waals surface area contributed by atoms with Gasteiger partial charge in [0.2, 0.25) is 0 Å². The van der Waals surface area contributed by atoms with Gasteiger partial charge in [-0.25, -0.2) is 9.78 Å². The average molecular weight is 349 g/mol. The molecule has 2 rings (SSSR count). The molecule has 94 valence electrons. The lowest BCUT2D eigenvalue weighted by Gasteiger charge is -2.09. The molecule has 1 aromatic carbocycles.